The Kier molecular flexibility index (Phi) is 4.06. The van der Waals surface area contributed by atoms with Crippen LogP contribution >= 0.6 is 0 Å². The first-order chi connectivity index (χ1) is 8.63. The third-order valence-corrected chi connectivity index (χ3v) is 3.23. The monoisotopic (exact) mass is 253 g/mol. The highest BCUT2D eigenvalue weighted by Crippen LogP contribution is 2.30. The van der Waals surface area contributed by atoms with Crippen LogP contribution in [0.2, 0.25) is 0 Å². The molecule has 2 rings (SSSR count). The maximum absolute atomic E-state index is 9.87. The Hall–Kier alpha value is -1.30. The van der Waals surface area contributed by atoms with Crippen molar-refractivity contribution in [3.63, 3.8) is 0 Å². The second-order valence-electron chi connectivity index (χ2n) is 4.52. The van der Waals surface area contributed by atoms with Gasteiger partial charge in [-0.05, 0) is 13.0 Å². The summed E-state index contributed by atoms with van der Waals surface area (Å²) in [7, 11) is 0. The number of benzene rings is 1. The maximum atomic E-state index is 9.87. The quantitative estimate of drug-likeness (QED) is 0.737. The number of aromatic hydroxyl groups is 1. The van der Waals surface area contributed by atoms with Crippen molar-refractivity contribution >= 4 is 5.69 Å². The van der Waals surface area contributed by atoms with Gasteiger partial charge in [0, 0.05) is 23.9 Å². The first-order valence-electron chi connectivity index (χ1n) is 6.09. The van der Waals surface area contributed by atoms with Crippen LogP contribution in [0, 0.1) is 0 Å². The molecular weight excluding hydrogens is 234 g/mol. The molecule has 5 heteroatoms. The molecule has 1 aromatic carbocycles. The van der Waals surface area contributed by atoms with E-state index in [1.807, 2.05) is 11.0 Å². The summed E-state index contributed by atoms with van der Waals surface area (Å²) in [5.41, 5.74) is 1.34. The molecule has 18 heavy (non-hydrogen) atoms. The topological polar surface area (TPSA) is 73.2 Å². The van der Waals surface area contributed by atoms with Crippen molar-refractivity contribution in [1.29, 1.82) is 0 Å². The molecule has 1 saturated heterocycles. The van der Waals surface area contributed by atoms with Gasteiger partial charge in [0.25, 0.3) is 0 Å². The van der Waals surface area contributed by atoms with E-state index in [2.05, 4.69) is 0 Å². The number of anilines is 1. The van der Waals surface area contributed by atoms with Crippen LogP contribution in [-0.4, -0.2) is 47.7 Å². The summed E-state index contributed by atoms with van der Waals surface area (Å²) in [6, 6.07) is 5.08. The molecule has 1 aromatic rings. The molecule has 3 N–H and O–H groups in total. The highest BCUT2D eigenvalue weighted by Gasteiger charge is 2.23. The van der Waals surface area contributed by atoms with Gasteiger partial charge in [0.1, 0.15) is 5.75 Å². The Bertz CT molecular complexity index is 408. The highest BCUT2D eigenvalue weighted by atomic mass is 16.5. The van der Waals surface area contributed by atoms with Crippen molar-refractivity contribution in [2.45, 2.75) is 19.1 Å². The van der Waals surface area contributed by atoms with Gasteiger partial charge in [0.2, 0.25) is 0 Å². The number of nitrogens with zero attached hydrogens (tertiary/aromatic N) is 1. The average molecular weight is 253 g/mol. The zero-order valence-corrected chi connectivity index (χ0v) is 10.4. The van der Waals surface area contributed by atoms with Crippen molar-refractivity contribution in [2.75, 3.05) is 31.3 Å². The molecule has 2 unspecified atom stereocenters. The fourth-order valence-corrected chi connectivity index (χ4v) is 2.21. The molecule has 0 bridgehead atoms. The van der Waals surface area contributed by atoms with Gasteiger partial charge in [-0.15, -0.1) is 0 Å². The lowest BCUT2D eigenvalue weighted by Crippen LogP contribution is -2.47. The number of hydrogen-bond acceptors (Lipinski definition) is 5. The molecule has 0 saturated carbocycles. The van der Waals surface area contributed by atoms with E-state index in [0.717, 1.165) is 5.69 Å². The summed E-state index contributed by atoms with van der Waals surface area (Å²) in [5.74, 6) is 0.0747. The second-order valence-corrected chi connectivity index (χ2v) is 4.52. The molecule has 1 aliphatic heterocycles. The third kappa shape index (κ3) is 2.58. The smallest absolute Gasteiger partial charge is 0.123 e. The summed E-state index contributed by atoms with van der Waals surface area (Å²) in [5, 5.41) is 28.7. The molecule has 0 aromatic heterocycles. The van der Waals surface area contributed by atoms with E-state index in [0.29, 0.717) is 25.3 Å². The third-order valence-electron chi connectivity index (χ3n) is 3.23. The summed E-state index contributed by atoms with van der Waals surface area (Å²) in [4.78, 5) is 2.01. The maximum Gasteiger partial charge on any atom is 0.123 e. The van der Waals surface area contributed by atoms with Crippen molar-refractivity contribution < 1.29 is 20.1 Å². The van der Waals surface area contributed by atoms with E-state index < -0.39 is 6.10 Å². The summed E-state index contributed by atoms with van der Waals surface area (Å²) in [6.07, 6.45) is -0.697. The van der Waals surface area contributed by atoms with Crippen LogP contribution in [0.4, 0.5) is 5.69 Å². The van der Waals surface area contributed by atoms with E-state index in [9.17, 15) is 15.3 Å². The van der Waals surface area contributed by atoms with Gasteiger partial charge < -0.3 is 25.0 Å². The van der Waals surface area contributed by atoms with Crippen LogP contribution in [0.3, 0.4) is 0 Å². The lowest BCUT2D eigenvalue weighted by Gasteiger charge is -2.36. The van der Waals surface area contributed by atoms with E-state index in [-0.39, 0.29) is 18.4 Å². The molecule has 1 aliphatic rings. The van der Waals surface area contributed by atoms with Gasteiger partial charge in [0.05, 0.1) is 32.0 Å². The van der Waals surface area contributed by atoms with E-state index in [1.54, 1.807) is 19.1 Å². The first-order valence-corrected chi connectivity index (χ1v) is 6.09. The van der Waals surface area contributed by atoms with E-state index in [4.69, 9.17) is 4.74 Å². The normalized spacial score (nSPS) is 21.9. The molecule has 1 fully saturated rings. The minimum Gasteiger partial charge on any atom is -0.507 e. The second kappa shape index (κ2) is 5.56. The SMILES string of the molecule is CC(O)c1ccc(N2CCOCC2CO)cc1O. The fourth-order valence-electron chi connectivity index (χ4n) is 2.21. The number of hydrogen-bond donors (Lipinski definition) is 3. The molecular formula is C13H19NO4. The molecule has 5 nitrogen and oxygen atoms in total. The number of rotatable bonds is 3. The molecule has 0 amide bonds. The van der Waals surface area contributed by atoms with E-state index in [1.165, 1.54) is 0 Å². The van der Waals surface area contributed by atoms with Crippen molar-refractivity contribution in [2.24, 2.45) is 0 Å². The minimum atomic E-state index is -0.697. The van der Waals surface area contributed by atoms with Gasteiger partial charge in [-0.1, -0.05) is 6.07 Å². The van der Waals surface area contributed by atoms with Gasteiger partial charge in [0.15, 0.2) is 0 Å². The number of ether oxygens (including phenoxy) is 1. The lowest BCUT2D eigenvalue weighted by atomic mass is 10.1. The van der Waals surface area contributed by atoms with Crippen LogP contribution in [0.5, 0.6) is 5.75 Å². The Balaban J connectivity index is 2.24. The standard InChI is InChI=1S/C13H19NO4/c1-9(16)12-3-2-10(6-13(12)17)14-4-5-18-8-11(14)7-15/h2-3,6,9,11,15-17H,4-5,7-8H2,1H3. The van der Waals surface area contributed by atoms with E-state index >= 15 is 0 Å². The Morgan fingerprint density at radius 1 is 1.50 bits per heavy atom. The van der Waals surface area contributed by atoms with Crippen LogP contribution in [-0.2, 0) is 4.74 Å². The zero-order valence-electron chi connectivity index (χ0n) is 10.4. The Labute approximate surface area is 106 Å². The van der Waals surface area contributed by atoms with Crippen molar-refractivity contribution in [3.05, 3.63) is 23.8 Å². The fraction of sp³-hybridized carbons (Fsp3) is 0.538. The van der Waals surface area contributed by atoms with Crippen LogP contribution < -0.4 is 4.90 Å². The Morgan fingerprint density at radius 3 is 2.89 bits per heavy atom. The number of aliphatic hydroxyl groups is 2. The zero-order chi connectivity index (χ0) is 13.1. The molecule has 0 aliphatic carbocycles. The van der Waals surface area contributed by atoms with Gasteiger partial charge in [-0.3, -0.25) is 0 Å². The predicted molar refractivity (Wildman–Crippen MR) is 67.8 cm³/mol. The summed E-state index contributed by atoms with van der Waals surface area (Å²) >= 11 is 0. The molecule has 1 heterocycles. The van der Waals surface area contributed by atoms with Gasteiger partial charge >= 0.3 is 0 Å². The van der Waals surface area contributed by atoms with Crippen LogP contribution in [0.1, 0.15) is 18.6 Å². The van der Waals surface area contributed by atoms with Crippen molar-refractivity contribution in [1.82, 2.24) is 0 Å². The lowest BCUT2D eigenvalue weighted by molar-refractivity contribution is 0.0727. The molecule has 0 spiro atoms. The molecule has 100 valence electrons. The van der Waals surface area contributed by atoms with Gasteiger partial charge in [-0.25, -0.2) is 0 Å². The number of phenolic OH excluding ortho intramolecular Hbond substituents is 1. The predicted octanol–water partition coefficient (Wildman–Crippen LogP) is 0.643. The van der Waals surface area contributed by atoms with Crippen molar-refractivity contribution in [3.8, 4) is 5.75 Å². The minimum absolute atomic E-state index is 0.0128. The van der Waals surface area contributed by atoms with Crippen LogP contribution in [0.25, 0.3) is 0 Å². The largest absolute Gasteiger partial charge is 0.507 e. The molecule has 0 radical (unpaired) electrons. The van der Waals surface area contributed by atoms with Gasteiger partial charge in [-0.2, -0.15) is 0 Å². The number of phenols is 1. The summed E-state index contributed by atoms with van der Waals surface area (Å²) in [6.45, 7) is 3.39. The first kappa shape index (κ1) is 13.1. The molecule has 2 atom stereocenters. The average Bonchev–Trinajstić information content (AvgIpc) is 2.38. The summed E-state index contributed by atoms with van der Waals surface area (Å²) < 4.78 is 5.31. The highest BCUT2D eigenvalue weighted by molar-refractivity contribution is 5.54. The number of aliphatic hydroxyl groups excluding tert-OH is 2. The Morgan fingerprint density at radius 2 is 2.28 bits per heavy atom. The van der Waals surface area contributed by atoms with Crippen LogP contribution in [0.15, 0.2) is 18.2 Å². The number of morpholine rings is 1.